The zero-order chi connectivity index (χ0) is 13.8. The molecule has 1 aromatic heterocycles. The number of benzene rings is 1. The van der Waals surface area contributed by atoms with Gasteiger partial charge in [0.1, 0.15) is 0 Å². The van der Waals surface area contributed by atoms with Crippen molar-refractivity contribution >= 4 is 5.69 Å². The third-order valence-corrected chi connectivity index (χ3v) is 2.40. The average Bonchev–Trinajstić information content (AvgIpc) is 2.38. The van der Waals surface area contributed by atoms with Gasteiger partial charge in [-0.2, -0.15) is 4.98 Å². The molecule has 19 heavy (non-hydrogen) atoms. The first-order valence-electron chi connectivity index (χ1n) is 5.40. The van der Waals surface area contributed by atoms with E-state index in [-0.39, 0.29) is 17.4 Å². The summed E-state index contributed by atoms with van der Waals surface area (Å²) < 4.78 is 10.3. The molecule has 2 aromatic rings. The van der Waals surface area contributed by atoms with Gasteiger partial charge in [-0.15, -0.1) is 0 Å². The summed E-state index contributed by atoms with van der Waals surface area (Å²) in [7, 11) is 1.46. The number of nitrogens with zero attached hydrogens (tertiary/aromatic N) is 3. The maximum atomic E-state index is 11.0. The summed E-state index contributed by atoms with van der Waals surface area (Å²) >= 11 is 0. The first-order valence-corrected chi connectivity index (χ1v) is 5.40. The van der Waals surface area contributed by atoms with Crippen LogP contribution in [0.5, 0.6) is 17.6 Å². The van der Waals surface area contributed by atoms with E-state index in [2.05, 4.69) is 9.97 Å². The Bertz CT molecular complexity index is 616. The first-order chi connectivity index (χ1) is 9.11. The van der Waals surface area contributed by atoms with Crippen LogP contribution < -0.4 is 9.47 Å². The smallest absolute Gasteiger partial charge is 0.325 e. The first kappa shape index (κ1) is 12.7. The molecule has 0 unspecified atom stereocenters. The van der Waals surface area contributed by atoms with Crippen LogP contribution in [0.3, 0.4) is 0 Å². The van der Waals surface area contributed by atoms with Gasteiger partial charge in [-0.05, 0) is 13.0 Å². The van der Waals surface area contributed by atoms with Gasteiger partial charge in [0.15, 0.2) is 0 Å². The lowest BCUT2D eigenvalue weighted by atomic mass is 10.2. The molecule has 0 aliphatic rings. The molecule has 0 fully saturated rings. The normalized spacial score (nSPS) is 10.0. The van der Waals surface area contributed by atoms with Gasteiger partial charge >= 0.3 is 11.7 Å². The summed E-state index contributed by atoms with van der Waals surface area (Å²) in [4.78, 5) is 18.3. The second-order valence-electron chi connectivity index (χ2n) is 3.66. The molecule has 0 saturated carbocycles. The number of aryl methyl sites for hydroxylation is 1. The Morgan fingerprint density at radius 2 is 2.11 bits per heavy atom. The Morgan fingerprint density at radius 1 is 1.32 bits per heavy atom. The quantitative estimate of drug-likeness (QED) is 0.620. The summed E-state index contributed by atoms with van der Waals surface area (Å²) in [5, 5.41) is 11.0. The van der Waals surface area contributed by atoms with Crippen LogP contribution in [0, 0.1) is 17.0 Å². The van der Waals surface area contributed by atoms with E-state index in [4.69, 9.17) is 9.47 Å². The fourth-order valence-corrected chi connectivity index (χ4v) is 1.53. The fourth-order valence-electron chi connectivity index (χ4n) is 1.53. The second kappa shape index (κ2) is 5.30. The Labute approximate surface area is 109 Å². The highest BCUT2D eigenvalue weighted by atomic mass is 16.6. The molecular formula is C12H11N3O4. The van der Waals surface area contributed by atoms with Gasteiger partial charge in [0, 0.05) is 17.8 Å². The van der Waals surface area contributed by atoms with Crippen LogP contribution in [-0.2, 0) is 0 Å². The number of nitro benzene ring substituents is 1. The molecule has 0 bridgehead atoms. The largest absolute Gasteiger partial charge is 0.481 e. The van der Waals surface area contributed by atoms with Crippen LogP contribution in [0.4, 0.5) is 5.69 Å². The minimum Gasteiger partial charge on any atom is -0.481 e. The average molecular weight is 261 g/mol. The number of rotatable bonds is 4. The summed E-state index contributed by atoms with van der Waals surface area (Å²) in [6.45, 7) is 1.64. The molecule has 0 N–H and O–H groups in total. The van der Waals surface area contributed by atoms with E-state index in [9.17, 15) is 10.1 Å². The van der Waals surface area contributed by atoms with Crippen LogP contribution in [0.15, 0.2) is 30.5 Å². The van der Waals surface area contributed by atoms with Gasteiger partial charge in [0.25, 0.3) is 0 Å². The zero-order valence-electron chi connectivity index (χ0n) is 10.4. The van der Waals surface area contributed by atoms with E-state index in [1.807, 2.05) is 0 Å². The van der Waals surface area contributed by atoms with Crippen molar-refractivity contribution in [3.8, 4) is 17.6 Å². The number of methoxy groups -OCH3 is 1. The number of ether oxygens (including phenoxy) is 2. The SMILES string of the molecule is COc1ccnc(Oc2cccc(C)c2[N+](=O)[O-])n1. The molecule has 1 aromatic carbocycles. The van der Waals surface area contributed by atoms with Crippen LogP contribution in [-0.4, -0.2) is 22.0 Å². The summed E-state index contributed by atoms with van der Waals surface area (Å²) in [6, 6.07) is 6.34. The number of aromatic nitrogens is 2. The van der Waals surface area contributed by atoms with E-state index in [1.165, 1.54) is 19.4 Å². The van der Waals surface area contributed by atoms with Crippen LogP contribution in [0.1, 0.15) is 5.56 Å². The molecule has 7 nitrogen and oxygen atoms in total. The molecule has 1 heterocycles. The van der Waals surface area contributed by atoms with Gasteiger partial charge in [-0.25, -0.2) is 4.98 Å². The molecular weight excluding hydrogens is 250 g/mol. The van der Waals surface area contributed by atoms with Crippen molar-refractivity contribution in [2.75, 3.05) is 7.11 Å². The highest BCUT2D eigenvalue weighted by molar-refractivity contribution is 5.52. The highest BCUT2D eigenvalue weighted by Crippen LogP contribution is 2.32. The third-order valence-electron chi connectivity index (χ3n) is 2.40. The topological polar surface area (TPSA) is 87.4 Å². The molecule has 0 saturated heterocycles. The standard InChI is InChI=1S/C12H11N3O4/c1-8-4-3-5-9(11(8)15(16)17)19-12-13-7-6-10(14-12)18-2/h3-7H,1-2H3. The number of hydrogen-bond acceptors (Lipinski definition) is 6. The molecule has 0 amide bonds. The molecule has 0 radical (unpaired) electrons. The molecule has 0 aliphatic carbocycles. The molecule has 2 rings (SSSR count). The van der Waals surface area contributed by atoms with Crippen molar-refractivity contribution in [2.24, 2.45) is 0 Å². The van der Waals surface area contributed by atoms with Crippen molar-refractivity contribution in [1.82, 2.24) is 9.97 Å². The van der Waals surface area contributed by atoms with Gasteiger partial charge in [0.2, 0.25) is 11.6 Å². The Balaban J connectivity index is 2.38. The summed E-state index contributed by atoms with van der Waals surface area (Å²) in [6.07, 6.45) is 1.45. The minimum absolute atomic E-state index is 0.00644. The fraction of sp³-hybridized carbons (Fsp3) is 0.167. The Hall–Kier alpha value is -2.70. The Kier molecular flexibility index (Phi) is 3.56. The lowest BCUT2D eigenvalue weighted by Crippen LogP contribution is -1.99. The van der Waals surface area contributed by atoms with Crippen molar-refractivity contribution in [3.05, 3.63) is 46.1 Å². The molecule has 7 heteroatoms. The van der Waals surface area contributed by atoms with Gasteiger partial charge in [-0.1, -0.05) is 12.1 Å². The van der Waals surface area contributed by atoms with Crippen LogP contribution >= 0.6 is 0 Å². The van der Waals surface area contributed by atoms with Gasteiger partial charge in [-0.3, -0.25) is 10.1 Å². The Morgan fingerprint density at radius 3 is 2.79 bits per heavy atom. The van der Waals surface area contributed by atoms with Gasteiger partial charge in [0.05, 0.1) is 12.0 Å². The van der Waals surface area contributed by atoms with Gasteiger partial charge < -0.3 is 9.47 Å². The lowest BCUT2D eigenvalue weighted by Gasteiger charge is -2.06. The number of nitro groups is 1. The number of para-hydroxylation sites is 1. The second-order valence-corrected chi connectivity index (χ2v) is 3.66. The highest BCUT2D eigenvalue weighted by Gasteiger charge is 2.19. The van der Waals surface area contributed by atoms with Crippen molar-refractivity contribution in [1.29, 1.82) is 0 Å². The van der Waals surface area contributed by atoms with E-state index < -0.39 is 4.92 Å². The predicted molar refractivity (Wildman–Crippen MR) is 66.5 cm³/mol. The van der Waals surface area contributed by atoms with Crippen molar-refractivity contribution in [2.45, 2.75) is 6.92 Å². The van der Waals surface area contributed by atoms with Crippen molar-refractivity contribution in [3.63, 3.8) is 0 Å². The molecule has 0 aliphatic heterocycles. The van der Waals surface area contributed by atoms with Crippen LogP contribution in [0.25, 0.3) is 0 Å². The van der Waals surface area contributed by atoms with E-state index in [0.717, 1.165) is 0 Å². The molecule has 0 atom stereocenters. The van der Waals surface area contributed by atoms with Crippen LogP contribution in [0.2, 0.25) is 0 Å². The number of hydrogen-bond donors (Lipinski definition) is 0. The lowest BCUT2D eigenvalue weighted by molar-refractivity contribution is -0.386. The maximum absolute atomic E-state index is 11.0. The minimum atomic E-state index is -0.495. The summed E-state index contributed by atoms with van der Waals surface area (Å²) in [5.74, 6) is 0.415. The third kappa shape index (κ3) is 2.76. The molecule has 0 spiro atoms. The molecule has 98 valence electrons. The van der Waals surface area contributed by atoms with E-state index >= 15 is 0 Å². The monoisotopic (exact) mass is 261 g/mol. The predicted octanol–water partition coefficient (Wildman–Crippen LogP) is 2.49. The maximum Gasteiger partial charge on any atom is 0.325 e. The van der Waals surface area contributed by atoms with E-state index in [0.29, 0.717) is 11.4 Å². The van der Waals surface area contributed by atoms with Crippen molar-refractivity contribution < 1.29 is 14.4 Å². The summed E-state index contributed by atoms with van der Waals surface area (Å²) in [5.41, 5.74) is 0.402. The van der Waals surface area contributed by atoms with E-state index in [1.54, 1.807) is 25.1 Å². The zero-order valence-corrected chi connectivity index (χ0v) is 10.4.